The van der Waals surface area contributed by atoms with E-state index in [2.05, 4.69) is 23.5 Å². The Morgan fingerprint density at radius 1 is 1.20 bits per heavy atom. The lowest BCUT2D eigenvalue weighted by Crippen LogP contribution is -2.37. The van der Waals surface area contributed by atoms with Crippen LogP contribution in [0.3, 0.4) is 0 Å². The predicted octanol–water partition coefficient (Wildman–Crippen LogP) is 3.07. The fourth-order valence-electron chi connectivity index (χ4n) is 1.93. The first-order valence-corrected chi connectivity index (χ1v) is 5.73. The number of nitrogens with zero attached hydrogens (tertiary/aromatic N) is 1. The van der Waals surface area contributed by atoms with Crippen LogP contribution < -0.4 is 5.32 Å². The summed E-state index contributed by atoms with van der Waals surface area (Å²) >= 11 is 0. The smallest absolute Gasteiger partial charge is 0.127 e. The van der Waals surface area contributed by atoms with Crippen LogP contribution in [0.15, 0.2) is 29.3 Å². The van der Waals surface area contributed by atoms with Crippen LogP contribution in [0.1, 0.15) is 39.0 Å². The summed E-state index contributed by atoms with van der Waals surface area (Å²) < 4.78 is 0. The van der Waals surface area contributed by atoms with E-state index in [1.165, 1.54) is 32.1 Å². The minimum absolute atomic E-state index is 0.577. The fourth-order valence-corrected chi connectivity index (χ4v) is 1.93. The van der Waals surface area contributed by atoms with Gasteiger partial charge in [0.1, 0.15) is 5.84 Å². The first kappa shape index (κ1) is 12.0. The molecule has 0 spiro atoms. The van der Waals surface area contributed by atoms with Crippen molar-refractivity contribution in [3.05, 3.63) is 24.3 Å². The molecule has 1 N–H and O–H groups in total. The Morgan fingerprint density at radius 2 is 1.80 bits per heavy atom. The van der Waals surface area contributed by atoms with Gasteiger partial charge in [-0.05, 0) is 25.3 Å². The number of hydrogen-bond donors (Lipinski definition) is 1. The van der Waals surface area contributed by atoms with Crippen LogP contribution in [0.2, 0.25) is 0 Å². The lowest BCUT2D eigenvalue weighted by Gasteiger charge is -2.25. The van der Waals surface area contributed by atoms with Gasteiger partial charge in [-0.3, -0.25) is 4.99 Å². The maximum Gasteiger partial charge on any atom is 0.127 e. The lowest BCUT2D eigenvalue weighted by molar-refractivity contribution is 0.413. The molecule has 0 atom stereocenters. The van der Waals surface area contributed by atoms with E-state index in [1.807, 2.05) is 6.92 Å². The number of aliphatic imine (C=N–C) groups is 1. The summed E-state index contributed by atoms with van der Waals surface area (Å²) in [6.45, 7) is 9.86. The highest BCUT2D eigenvalue weighted by Gasteiger charge is 2.15. The van der Waals surface area contributed by atoms with Crippen molar-refractivity contribution in [3.8, 4) is 0 Å². The summed E-state index contributed by atoms with van der Waals surface area (Å²) in [7, 11) is 1.80. The Bertz CT molecular complexity index is 270. The van der Waals surface area contributed by atoms with Gasteiger partial charge in [-0.2, -0.15) is 0 Å². The van der Waals surface area contributed by atoms with Gasteiger partial charge >= 0.3 is 0 Å². The van der Waals surface area contributed by atoms with Crippen LogP contribution in [0, 0.1) is 0 Å². The summed E-state index contributed by atoms with van der Waals surface area (Å²) in [5.74, 6) is 0.911. The first-order valence-electron chi connectivity index (χ1n) is 5.73. The van der Waals surface area contributed by atoms with E-state index in [0.717, 1.165) is 17.0 Å². The van der Waals surface area contributed by atoms with Crippen molar-refractivity contribution in [2.75, 3.05) is 7.05 Å². The SMILES string of the molecule is C=C(C)C(=C)/C(=N\C)NC1CCCCC1. The molecule has 84 valence electrons. The zero-order chi connectivity index (χ0) is 11.3. The fraction of sp³-hybridized carbons (Fsp3) is 0.615. The highest BCUT2D eigenvalue weighted by molar-refractivity contribution is 6.01. The number of rotatable bonds is 3. The van der Waals surface area contributed by atoms with Gasteiger partial charge in [-0.15, -0.1) is 0 Å². The van der Waals surface area contributed by atoms with Gasteiger partial charge in [-0.1, -0.05) is 32.4 Å². The van der Waals surface area contributed by atoms with Crippen molar-refractivity contribution in [2.24, 2.45) is 4.99 Å². The summed E-state index contributed by atoms with van der Waals surface area (Å²) in [5, 5.41) is 3.48. The minimum atomic E-state index is 0.577. The molecule has 0 aromatic carbocycles. The lowest BCUT2D eigenvalue weighted by atomic mass is 9.95. The molecule has 0 saturated heterocycles. The quantitative estimate of drug-likeness (QED) is 0.428. The van der Waals surface area contributed by atoms with Crippen molar-refractivity contribution in [3.63, 3.8) is 0 Å². The third-order valence-electron chi connectivity index (χ3n) is 2.97. The van der Waals surface area contributed by atoms with Crippen LogP contribution in [-0.2, 0) is 0 Å². The van der Waals surface area contributed by atoms with Crippen molar-refractivity contribution < 1.29 is 0 Å². The van der Waals surface area contributed by atoms with E-state index in [9.17, 15) is 0 Å². The minimum Gasteiger partial charge on any atom is -0.367 e. The monoisotopic (exact) mass is 206 g/mol. The molecule has 2 nitrogen and oxygen atoms in total. The summed E-state index contributed by atoms with van der Waals surface area (Å²) in [6.07, 6.45) is 6.53. The first-order chi connectivity index (χ1) is 7.15. The second kappa shape index (κ2) is 5.74. The Hall–Kier alpha value is -1.05. The van der Waals surface area contributed by atoms with Crippen molar-refractivity contribution >= 4 is 5.84 Å². The van der Waals surface area contributed by atoms with Gasteiger partial charge in [-0.25, -0.2) is 0 Å². The van der Waals surface area contributed by atoms with Crippen LogP contribution in [0.5, 0.6) is 0 Å². The average molecular weight is 206 g/mol. The highest BCUT2D eigenvalue weighted by Crippen LogP contribution is 2.18. The molecule has 0 heterocycles. The van der Waals surface area contributed by atoms with Gasteiger partial charge in [0.15, 0.2) is 0 Å². The Kier molecular flexibility index (Phi) is 4.60. The Balaban J connectivity index is 2.53. The third-order valence-corrected chi connectivity index (χ3v) is 2.97. The largest absolute Gasteiger partial charge is 0.367 e. The Labute approximate surface area is 93.2 Å². The van der Waals surface area contributed by atoms with Gasteiger partial charge in [0.25, 0.3) is 0 Å². The average Bonchev–Trinajstić information content (AvgIpc) is 2.26. The molecule has 0 aliphatic heterocycles. The molecule has 0 aromatic rings. The molecule has 2 heteroatoms. The second-order valence-corrected chi connectivity index (χ2v) is 4.31. The van der Waals surface area contributed by atoms with Crippen LogP contribution in [0.4, 0.5) is 0 Å². The topological polar surface area (TPSA) is 24.4 Å². The van der Waals surface area contributed by atoms with Gasteiger partial charge in [0, 0.05) is 18.7 Å². The van der Waals surface area contributed by atoms with Gasteiger partial charge in [0.05, 0.1) is 0 Å². The standard InChI is InChI=1S/C13H22N2/c1-10(2)11(3)13(14-4)15-12-8-6-5-7-9-12/h12H,1,3,5-9H2,2,4H3,(H,14,15). The Morgan fingerprint density at radius 3 is 2.27 bits per heavy atom. The molecular formula is C13H22N2. The highest BCUT2D eigenvalue weighted by atomic mass is 15.0. The summed E-state index contributed by atoms with van der Waals surface area (Å²) in [5.41, 5.74) is 1.92. The van der Waals surface area contributed by atoms with Crippen LogP contribution >= 0.6 is 0 Å². The van der Waals surface area contributed by atoms with E-state index in [4.69, 9.17) is 0 Å². The van der Waals surface area contributed by atoms with E-state index in [-0.39, 0.29) is 0 Å². The number of hydrogen-bond acceptors (Lipinski definition) is 1. The van der Waals surface area contributed by atoms with E-state index in [1.54, 1.807) is 7.05 Å². The molecule has 0 unspecified atom stereocenters. The van der Waals surface area contributed by atoms with Crippen molar-refractivity contribution in [2.45, 2.75) is 45.1 Å². The summed E-state index contributed by atoms with van der Waals surface area (Å²) in [6, 6.07) is 0.577. The van der Waals surface area contributed by atoms with Crippen molar-refractivity contribution in [1.29, 1.82) is 0 Å². The zero-order valence-electron chi connectivity index (χ0n) is 9.97. The molecule has 1 rings (SSSR count). The molecule has 15 heavy (non-hydrogen) atoms. The maximum atomic E-state index is 4.25. The molecule has 1 aliphatic rings. The molecule has 1 saturated carbocycles. The van der Waals surface area contributed by atoms with Crippen molar-refractivity contribution in [1.82, 2.24) is 5.32 Å². The number of nitrogens with one attached hydrogen (secondary N) is 1. The van der Waals surface area contributed by atoms with E-state index >= 15 is 0 Å². The predicted molar refractivity (Wildman–Crippen MR) is 67.3 cm³/mol. The molecular weight excluding hydrogens is 184 g/mol. The van der Waals surface area contributed by atoms with Crippen LogP contribution in [0.25, 0.3) is 0 Å². The van der Waals surface area contributed by atoms with Crippen LogP contribution in [-0.4, -0.2) is 18.9 Å². The molecule has 0 radical (unpaired) electrons. The molecule has 0 aromatic heterocycles. The molecule has 0 bridgehead atoms. The normalized spacial score (nSPS) is 18.7. The van der Waals surface area contributed by atoms with Gasteiger partial charge < -0.3 is 5.32 Å². The molecule has 1 aliphatic carbocycles. The number of amidine groups is 1. The van der Waals surface area contributed by atoms with E-state index < -0.39 is 0 Å². The third kappa shape index (κ3) is 3.54. The van der Waals surface area contributed by atoms with E-state index in [0.29, 0.717) is 6.04 Å². The molecule has 0 amide bonds. The molecule has 1 fully saturated rings. The summed E-state index contributed by atoms with van der Waals surface area (Å²) in [4.78, 5) is 4.25. The van der Waals surface area contributed by atoms with Gasteiger partial charge in [0.2, 0.25) is 0 Å². The second-order valence-electron chi connectivity index (χ2n) is 4.31. The maximum absolute atomic E-state index is 4.25. The zero-order valence-corrected chi connectivity index (χ0v) is 9.97.